The third-order valence-corrected chi connectivity index (χ3v) is 3.31. The van der Waals surface area contributed by atoms with Crippen molar-refractivity contribution in [2.75, 3.05) is 0 Å². The Morgan fingerprint density at radius 1 is 1.21 bits per heavy atom. The Morgan fingerprint density at radius 2 is 2.00 bits per heavy atom. The number of halogens is 1. The molecule has 24 heavy (non-hydrogen) atoms. The van der Waals surface area contributed by atoms with Crippen LogP contribution in [0.25, 0.3) is 11.3 Å². The fourth-order valence-electron chi connectivity index (χ4n) is 2.13. The summed E-state index contributed by atoms with van der Waals surface area (Å²) in [5.74, 6) is -0.834. The minimum Gasteiger partial charge on any atom is -0.347 e. The fourth-order valence-corrected chi connectivity index (χ4v) is 2.13. The van der Waals surface area contributed by atoms with Gasteiger partial charge in [0.2, 0.25) is 0 Å². The molecule has 0 aliphatic carbocycles. The summed E-state index contributed by atoms with van der Waals surface area (Å²) >= 11 is 0. The van der Waals surface area contributed by atoms with Crippen LogP contribution in [0.1, 0.15) is 16.1 Å². The van der Waals surface area contributed by atoms with Crippen LogP contribution in [0, 0.1) is 5.82 Å². The molecule has 2 heterocycles. The van der Waals surface area contributed by atoms with E-state index in [0.29, 0.717) is 11.3 Å². The number of aromatic amines is 1. The van der Waals surface area contributed by atoms with E-state index in [1.807, 2.05) is 6.07 Å². The molecule has 1 aromatic carbocycles. The summed E-state index contributed by atoms with van der Waals surface area (Å²) < 4.78 is 13.0. The molecule has 120 valence electrons. The van der Waals surface area contributed by atoms with Gasteiger partial charge in [0.15, 0.2) is 0 Å². The molecule has 0 fully saturated rings. The van der Waals surface area contributed by atoms with Crippen molar-refractivity contribution in [3.63, 3.8) is 0 Å². The minimum atomic E-state index is -0.650. The lowest BCUT2D eigenvalue weighted by Gasteiger charge is -2.06. The second-order valence-electron chi connectivity index (χ2n) is 5.04. The second-order valence-corrected chi connectivity index (χ2v) is 5.04. The summed E-state index contributed by atoms with van der Waals surface area (Å²) in [5, 5.41) is 2.69. The number of rotatable bonds is 4. The zero-order valence-corrected chi connectivity index (χ0v) is 12.5. The minimum absolute atomic E-state index is 0.0817. The number of benzene rings is 1. The Morgan fingerprint density at radius 3 is 2.71 bits per heavy atom. The van der Waals surface area contributed by atoms with Gasteiger partial charge in [-0.3, -0.25) is 9.78 Å². The van der Waals surface area contributed by atoms with Crippen molar-refractivity contribution in [2.45, 2.75) is 6.54 Å². The molecule has 0 spiro atoms. The van der Waals surface area contributed by atoms with E-state index in [9.17, 15) is 14.0 Å². The van der Waals surface area contributed by atoms with Gasteiger partial charge in [-0.2, -0.15) is 4.98 Å². The van der Waals surface area contributed by atoms with E-state index in [1.165, 1.54) is 30.3 Å². The molecule has 7 heteroatoms. The first-order valence-electron chi connectivity index (χ1n) is 7.16. The number of amides is 1. The Kier molecular flexibility index (Phi) is 4.42. The van der Waals surface area contributed by atoms with Crippen LogP contribution in [0.5, 0.6) is 0 Å². The summed E-state index contributed by atoms with van der Waals surface area (Å²) in [6, 6.07) is 10.6. The normalized spacial score (nSPS) is 10.4. The van der Waals surface area contributed by atoms with Crippen LogP contribution in [0.3, 0.4) is 0 Å². The maximum atomic E-state index is 13.0. The fraction of sp³-hybridized carbons (Fsp3) is 0.0588. The number of nitrogens with one attached hydrogen (secondary N) is 2. The zero-order chi connectivity index (χ0) is 16.9. The molecule has 0 aliphatic rings. The largest absolute Gasteiger partial charge is 0.347 e. The van der Waals surface area contributed by atoms with Crippen LogP contribution in [0.15, 0.2) is 59.7 Å². The molecule has 3 rings (SSSR count). The van der Waals surface area contributed by atoms with Gasteiger partial charge < -0.3 is 10.3 Å². The maximum Gasteiger partial charge on any atom is 0.346 e. The van der Waals surface area contributed by atoms with Gasteiger partial charge in [0.05, 0.1) is 5.69 Å². The van der Waals surface area contributed by atoms with E-state index in [-0.39, 0.29) is 12.2 Å². The second kappa shape index (κ2) is 6.82. The molecule has 0 radical (unpaired) electrons. The number of aromatic nitrogens is 3. The van der Waals surface area contributed by atoms with Crippen molar-refractivity contribution < 1.29 is 9.18 Å². The van der Waals surface area contributed by atoms with Gasteiger partial charge in [-0.15, -0.1) is 0 Å². The molecule has 2 aromatic heterocycles. The molecule has 0 aliphatic heterocycles. The van der Waals surface area contributed by atoms with Gasteiger partial charge in [-0.05, 0) is 42.0 Å². The lowest BCUT2D eigenvalue weighted by Crippen LogP contribution is -2.27. The van der Waals surface area contributed by atoms with Gasteiger partial charge in [0, 0.05) is 24.5 Å². The molecular weight excluding hydrogens is 311 g/mol. The standard InChI is InChI=1S/C17H13FN4O2/c18-13-5-3-12(4-6-13)14-8-15(22-17(24)21-14)16(23)20-10-11-2-1-7-19-9-11/h1-9H,10H2,(H,20,23)(H,21,22,24). The first kappa shape index (κ1) is 15.5. The predicted octanol–water partition coefficient (Wildman–Crippen LogP) is 1.90. The average Bonchev–Trinajstić information content (AvgIpc) is 2.60. The average molecular weight is 324 g/mol. The monoisotopic (exact) mass is 324 g/mol. The van der Waals surface area contributed by atoms with Gasteiger partial charge >= 0.3 is 5.69 Å². The van der Waals surface area contributed by atoms with Gasteiger partial charge in [-0.25, -0.2) is 9.18 Å². The zero-order valence-electron chi connectivity index (χ0n) is 12.5. The van der Waals surface area contributed by atoms with Crippen LogP contribution < -0.4 is 11.0 Å². The van der Waals surface area contributed by atoms with Gasteiger partial charge in [0.25, 0.3) is 5.91 Å². The van der Waals surface area contributed by atoms with Crippen LogP contribution >= 0.6 is 0 Å². The van der Waals surface area contributed by atoms with Crippen molar-refractivity contribution in [2.24, 2.45) is 0 Å². The molecule has 0 atom stereocenters. The highest BCUT2D eigenvalue weighted by atomic mass is 19.1. The van der Waals surface area contributed by atoms with Crippen molar-refractivity contribution in [3.8, 4) is 11.3 Å². The lowest BCUT2D eigenvalue weighted by atomic mass is 10.1. The van der Waals surface area contributed by atoms with Crippen molar-refractivity contribution in [1.82, 2.24) is 20.3 Å². The summed E-state index contributed by atoms with van der Waals surface area (Å²) in [7, 11) is 0. The first-order chi connectivity index (χ1) is 11.6. The number of hydrogen-bond acceptors (Lipinski definition) is 4. The number of carbonyl (C=O) groups is 1. The van der Waals surface area contributed by atoms with Gasteiger partial charge in [-0.1, -0.05) is 6.07 Å². The van der Waals surface area contributed by atoms with Crippen molar-refractivity contribution in [1.29, 1.82) is 0 Å². The van der Waals surface area contributed by atoms with E-state index in [0.717, 1.165) is 5.56 Å². The van der Waals surface area contributed by atoms with Crippen LogP contribution in [-0.4, -0.2) is 20.9 Å². The number of hydrogen-bond donors (Lipinski definition) is 2. The van der Waals surface area contributed by atoms with E-state index in [4.69, 9.17) is 0 Å². The highest BCUT2D eigenvalue weighted by molar-refractivity contribution is 5.93. The highest BCUT2D eigenvalue weighted by Crippen LogP contribution is 2.16. The molecule has 0 unspecified atom stereocenters. The third-order valence-electron chi connectivity index (χ3n) is 3.31. The molecule has 1 amide bonds. The molecule has 3 aromatic rings. The Hall–Kier alpha value is -3.35. The lowest BCUT2D eigenvalue weighted by molar-refractivity contribution is 0.0945. The molecule has 0 bridgehead atoms. The Bertz CT molecular complexity index is 908. The quantitative estimate of drug-likeness (QED) is 0.767. The SMILES string of the molecule is O=C(NCc1cccnc1)c1cc(-c2ccc(F)cc2)nc(=O)[nH]1. The van der Waals surface area contributed by atoms with E-state index in [2.05, 4.69) is 20.3 Å². The molecule has 6 nitrogen and oxygen atoms in total. The van der Waals surface area contributed by atoms with Crippen molar-refractivity contribution in [3.05, 3.63) is 82.4 Å². The molecular formula is C17H13FN4O2. The van der Waals surface area contributed by atoms with E-state index < -0.39 is 17.4 Å². The maximum absolute atomic E-state index is 13.0. The summed E-state index contributed by atoms with van der Waals surface area (Å²) in [6.07, 6.45) is 3.28. The smallest absolute Gasteiger partial charge is 0.346 e. The topological polar surface area (TPSA) is 87.7 Å². The molecule has 0 saturated carbocycles. The number of nitrogens with zero attached hydrogens (tertiary/aromatic N) is 2. The van der Waals surface area contributed by atoms with Gasteiger partial charge in [0.1, 0.15) is 11.5 Å². The molecule has 2 N–H and O–H groups in total. The Labute approximate surface area is 136 Å². The van der Waals surface area contributed by atoms with Crippen LogP contribution in [-0.2, 0) is 6.54 Å². The number of carbonyl (C=O) groups excluding carboxylic acids is 1. The first-order valence-corrected chi connectivity index (χ1v) is 7.16. The predicted molar refractivity (Wildman–Crippen MR) is 85.7 cm³/mol. The summed E-state index contributed by atoms with van der Waals surface area (Å²) in [6.45, 7) is 0.281. The number of H-pyrrole nitrogens is 1. The number of pyridine rings is 1. The van der Waals surface area contributed by atoms with Crippen LogP contribution in [0.4, 0.5) is 4.39 Å². The summed E-state index contributed by atoms with van der Waals surface area (Å²) in [5.41, 5.74) is 1.11. The van der Waals surface area contributed by atoms with E-state index in [1.54, 1.807) is 18.5 Å². The van der Waals surface area contributed by atoms with Crippen LogP contribution in [0.2, 0.25) is 0 Å². The third kappa shape index (κ3) is 3.70. The Balaban J connectivity index is 1.81. The van der Waals surface area contributed by atoms with E-state index >= 15 is 0 Å². The van der Waals surface area contributed by atoms with Crippen molar-refractivity contribution >= 4 is 5.91 Å². The molecule has 0 saturated heterocycles. The summed E-state index contributed by atoms with van der Waals surface area (Å²) in [4.78, 5) is 34.1. The highest BCUT2D eigenvalue weighted by Gasteiger charge is 2.10.